The highest BCUT2D eigenvalue weighted by atomic mass is 19.2. The molecular weight excluding hydrogens is 292 g/mol. The number of hydrogen-bond acceptors (Lipinski definition) is 3. The van der Waals surface area contributed by atoms with Crippen LogP contribution in [0.5, 0.6) is 0 Å². The molecular formula is C16H19F2NO3. The van der Waals surface area contributed by atoms with E-state index in [1.165, 1.54) is 6.07 Å². The number of aliphatic carboxylic acids is 1. The highest BCUT2D eigenvalue weighted by Gasteiger charge is 2.31. The minimum absolute atomic E-state index is 0.145. The van der Waals surface area contributed by atoms with Gasteiger partial charge in [0, 0.05) is 5.56 Å². The van der Waals surface area contributed by atoms with Gasteiger partial charge >= 0.3 is 5.97 Å². The molecule has 6 heteroatoms. The molecule has 0 saturated carbocycles. The summed E-state index contributed by atoms with van der Waals surface area (Å²) in [6.07, 6.45) is 1.53. The van der Waals surface area contributed by atoms with Gasteiger partial charge in [0.1, 0.15) is 0 Å². The van der Waals surface area contributed by atoms with Gasteiger partial charge in [-0.3, -0.25) is 14.5 Å². The van der Waals surface area contributed by atoms with Gasteiger partial charge < -0.3 is 5.11 Å². The topological polar surface area (TPSA) is 57.6 Å². The van der Waals surface area contributed by atoms with E-state index in [9.17, 15) is 18.4 Å². The first-order valence-electron chi connectivity index (χ1n) is 7.40. The van der Waals surface area contributed by atoms with Crippen LogP contribution in [-0.4, -0.2) is 40.9 Å². The predicted molar refractivity (Wildman–Crippen MR) is 76.7 cm³/mol. The second-order valence-corrected chi connectivity index (χ2v) is 5.57. The fourth-order valence-corrected chi connectivity index (χ4v) is 2.91. The van der Waals surface area contributed by atoms with Crippen molar-refractivity contribution in [3.8, 4) is 0 Å². The zero-order valence-electron chi connectivity index (χ0n) is 12.4. The van der Waals surface area contributed by atoms with Gasteiger partial charge in [-0.2, -0.15) is 0 Å². The summed E-state index contributed by atoms with van der Waals surface area (Å²) in [6.45, 7) is 2.89. The molecule has 0 spiro atoms. The van der Waals surface area contributed by atoms with Gasteiger partial charge in [-0.15, -0.1) is 0 Å². The number of Topliss-reactive ketones (excluding diaryl/α,β-unsaturated/α-hetero) is 1. The first-order valence-corrected chi connectivity index (χ1v) is 7.40. The van der Waals surface area contributed by atoms with E-state index in [4.69, 9.17) is 5.11 Å². The van der Waals surface area contributed by atoms with Crippen molar-refractivity contribution in [3.63, 3.8) is 0 Å². The van der Waals surface area contributed by atoms with E-state index in [2.05, 4.69) is 0 Å². The second kappa shape index (κ2) is 6.96. The molecule has 2 rings (SSSR count). The van der Waals surface area contributed by atoms with E-state index in [0.29, 0.717) is 32.4 Å². The lowest BCUT2D eigenvalue weighted by atomic mass is 9.93. The number of piperidine rings is 1. The van der Waals surface area contributed by atoms with E-state index in [1.54, 1.807) is 0 Å². The summed E-state index contributed by atoms with van der Waals surface area (Å²) in [6, 6.07) is 2.73. The Morgan fingerprint density at radius 3 is 2.41 bits per heavy atom. The fraction of sp³-hybridized carbons (Fsp3) is 0.500. The van der Waals surface area contributed by atoms with E-state index in [1.807, 2.05) is 11.8 Å². The molecule has 1 atom stereocenters. The number of carboxylic acids is 1. The van der Waals surface area contributed by atoms with Crippen LogP contribution in [0.25, 0.3) is 0 Å². The van der Waals surface area contributed by atoms with E-state index in [0.717, 1.165) is 12.1 Å². The maximum Gasteiger partial charge on any atom is 0.306 e. The number of carboxylic acid groups (broad SMARTS) is 1. The molecule has 0 bridgehead atoms. The number of halogens is 2. The van der Waals surface area contributed by atoms with Crippen molar-refractivity contribution < 1.29 is 23.5 Å². The van der Waals surface area contributed by atoms with Crippen LogP contribution in [0.15, 0.2) is 18.2 Å². The quantitative estimate of drug-likeness (QED) is 0.850. The van der Waals surface area contributed by atoms with Gasteiger partial charge in [0.25, 0.3) is 0 Å². The van der Waals surface area contributed by atoms with Crippen molar-refractivity contribution in [2.45, 2.75) is 32.2 Å². The molecule has 1 heterocycles. The Labute approximate surface area is 127 Å². The summed E-state index contributed by atoms with van der Waals surface area (Å²) >= 11 is 0. The molecule has 1 unspecified atom stereocenters. The third kappa shape index (κ3) is 3.50. The van der Waals surface area contributed by atoms with Crippen molar-refractivity contribution in [2.75, 3.05) is 13.1 Å². The Bertz CT molecular complexity index is 569. The van der Waals surface area contributed by atoms with Crippen LogP contribution in [0, 0.1) is 17.6 Å². The van der Waals surface area contributed by atoms with Crippen LogP contribution < -0.4 is 0 Å². The van der Waals surface area contributed by atoms with Gasteiger partial charge in [-0.05, 0) is 50.6 Å². The normalized spacial score (nSPS) is 18.1. The number of benzene rings is 1. The van der Waals surface area contributed by atoms with E-state index >= 15 is 0 Å². The maximum atomic E-state index is 13.3. The minimum atomic E-state index is -1.04. The molecule has 120 valence electrons. The monoisotopic (exact) mass is 311 g/mol. The first kappa shape index (κ1) is 16.5. The van der Waals surface area contributed by atoms with Crippen molar-refractivity contribution in [1.82, 2.24) is 4.90 Å². The summed E-state index contributed by atoms with van der Waals surface area (Å²) in [4.78, 5) is 25.4. The Hall–Kier alpha value is -1.82. The van der Waals surface area contributed by atoms with Crippen molar-refractivity contribution in [2.24, 2.45) is 5.92 Å². The number of hydrogen-bond donors (Lipinski definition) is 1. The highest BCUT2D eigenvalue weighted by molar-refractivity contribution is 6.00. The van der Waals surface area contributed by atoms with E-state index < -0.39 is 23.6 Å². The molecule has 1 aromatic rings. The number of carbonyl (C=O) groups excluding carboxylic acids is 1. The Morgan fingerprint density at radius 2 is 1.91 bits per heavy atom. The molecule has 0 amide bonds. The molecule has 1 saturated heterocycles. The molecule has 1 aliphatic rings. The lowest BCUT2D eigenvalue weighted by molar-refractivity contribution is -0.143. The van der Waals surface area contributed by atoms with E-state index in [-0.39, 0.29) is 17.3 Å². The molecule has 0 radical (unpaired) electrons. The lowest BCUT2D eigenvalue weighted by Crippen LogP contribution is -2.46. The third-order valence-electron chi connectivity index (χ3n) is 4.21. The van der Waals surface area contributed by atoms with Gasteiger partial charge in [0.15, 0.2) is 17.4 Å². The SMILES string of the molecule is CCC(C(=O)c1ccc(F)c(F)c1)N1CCC(C(=O)O)CC1. The van der Waals surface area contributed by atoms with Crippen molar-refractivity contribution in [1.29, 1.82) is 0 Å². The van der Waals surface area contributed by atoms with Crippen LogP contribution in [-0.2, 0) is 4.79 Å². The zero-order valence-corrected chi connectivity index (χ0v) is 12.4. The lowest BCUT2D eigenvalue weighted by Gasteiger charge is -2.35. The molecule has 1 aliphatic heterocycles. The van der Waals surface area contributed by atoms with Gasteiger partial charge in [-0.25, -0.2) is 8.78 Å². The average molecular weight is 311 g/mol. The van der Waals surface area contributed by atoms with Crippen LogP contribution >= 0.6 is 0 Å². The largest absolute Gasteiger partial charge is 0.481 e. The Morgan fingerprint density at radius 1 is 1.27 bits per heavy atom. The summed E-state index contributed by atoms with van der Waals surface area (Å²) in [5, 5.41) is 9.00. The van der Waals surface area contributed by atoms with Gasteiger partial charge in [0.2, 0.25) is 0 Å². The van der Waals surface area contributed by atoms with Crippen molar-refractivity contribution >= 4 is 11.8 Å². The summed E-state index contributed by atoms with van der Waals surface area (Å²) in [5.74, 6) is -3.45. The molecule has 1 fully saturated rings. The molecule has 0 aromatic heterocycles. The van der Waals surface area contributed by atoms with Gasteiger partial charge in [0.05, 0.1) is 12.0 Å². The minimum Gasteiger partial charge on any atom is -0.481 e. The average Bonchev–Trinajstić information content (AvgIpc) is 2.51. The number of likely N-dealkylation sites (tertiary alicyclic amines) is 1. The predicted octanol–water partition coefficient (Wildman–Crippen LogP) is 2.72. The second-order valence-electron chi connectivity index (χ2n) is 5.57. The molecule has 1 aromatic carbocycles. The maximum absolute atomic E-state index is 13.3. The summed E-state index contributed by atoms with van der Waals surface area (Å²) < 4.78 is 26.2. The summed E-state index contributed by atoms with van der Waals surface area (Å²) in [7, 11) is 0. The highest BCUT2D eigenvalue weighted by Crippen LogP contribution is 2.22. The zero-order chi connectivity index (χ0) is 16.3. The number of carbonyl (C=O) groups is 2. The smallest absolute Gasteiger partial charge is 0.306 e. The molecule has 1 N–H and O–H groups in total. The standard InChI is InChI=1S/C16H19F2NO3/c1-2-14(19-7-5-10(6-8-19)16(21)22)15(20)11-3-4-12(17)13(18)9-11/h3-4,9-10,14H,2,5-8H2,1H3,(H,21,22). The first-order chi connectivity index (χ1) is 10.4. The van der Waals surface area contributed by atoms with Crippen molar-refractivity contribution in [3.05, 3.63) is 35.4 Å². The third-order valence-corrected chi connectivity index (χ3v) is 4.21. The number of ketones is 1. The van der Waals surface area contributed by atoms with Crippen LogP contribution in [0.3, 0.4) is 0 Å². The van der Waals surface area contributed by atoms with Crippen LogP contribution in [0.2, 0.25) is 0 Å². The molecule has 4 nitrogen and oxygen atoms in total. The van der Waals surface area contributed by atoms with Gasteiger partial charge in [-0.1, -0.05) is 6.92 Å². The molecule has 22 heavy (non-hydrogen) atoms. The molecule has 0 aliphatic carbocycles. The fourth-order valence-electron chi connectivity index (χ4n) is 2.91. The van der Waals surface area contributed by atoms with Crippen LogP contribution in [0.4, 0.5) is 8.78 Å². The van der Waals surface area contributed by atoms with Crippen LogP contribution in [0.1, 0.15) is 36.5 Å². The number of nitrogens with zero attached hydrogens (tertiary/aromatic N) is 1. The summed E-state index contributed by atoms with van der Waals surface area (Å²) in [5.41, 5.74) is 0.145. The number of rotatable bonds is 5. The Balaban J connectivity index is 2.09. The Kier molecular flexibility index (Phi) is 5.24.